The van der Waals surface area contributed by atoms with E-state index in [1.54, 1.807) is 18.2 Å². The lowest BCUT2D eigenvalue weighted by Gasteiger charge is -2.33. The number of aromatic nitrogens is 2. The van der Waals surface area contributed by atoms with Crippen molar-refractivity contribution in [2.45, 2.75) is 44.3 Å². The predicted octanol–water partition coefficient (Wildman–Crippen LogP) is 2.89. The number of rotatable bonds is 5. The van der Waals surface area contributed by atoms with Crippen LogP contribution in [0.25, 0.3) is 10.9 Å². The largest absolute Gasteiger partial charge is 0.455 e. The quantitative estimate of drug-likeness (QED) is 0.778. The molecule has 0 bridgehead atoms. The standard InChI is InChI=1S/C18H20F3N3O3/c19-18(20,21)12-6-2-4-8-14(12)22-16(25)10-27-17(26)9-15-11-5-1-3-7-13(11)23-24-15/h1,3,5,7,12,14H,2,4,6,8-10H2,(H,22,25)(H,23,24)/t12-,14-/m0/s1. The minimum absolute atomic E-state index is 0.00112. The molecule has 9 heteroatoms. The number of hydrogen-bond donors (Lipinski definition) is 2. The third-order valence-electron chi connectivity index (χ3n) is 4.76. The van der Waals surface area contributed by atoms with Gasteiger partial charge in [0.2, 0.25) is 0 Å². The number of fused-ring (bicyclic) bond motifs is 1. The number of halogens is 3. The molecule has 1 amide bonds. The topological polar surface area (TPSA) is 84.1 Å². The number of nitrogens with zero attached hydrogens (tertiary/aromatic N) is 1. The van der Waals surface area contributed by atoms with E-state index in [2.05, 4.69) is 15.5 Å². The summed E-state index contributed by atoms with van der Waals surface area (Å²) in [5.74, 6) is -2.93. The second kappa shape index (κ2) is 7.98. The first-order valence-electron chi connectivity index (χ1n) is 8.78. The zero-order valence-electron chi connectivity index (χ0n) is 14.5. The van der Waals surface area contributed by atoms with Crippen LogP contribution in [0.5, 0.6) is 0 Å². The Balaban J connectivity index is 1.50. The monoisotopic (exact) mass is 383 g/mol. The number of nitrogens with one attached hydrogen (secondary N) is 2. The fourth-order valence-corrected chi connectivity index (χ4v) is 3.43. The van der Waals surface area contributed by atoms with Crippen molar-refractivity contribution < 1.29 is 27.5 Å². The first-order valence-corrected chi connectivity index (χ1v) is 8.78. The molecule has 0 radical (unpaired) electrons. The molecule has 1 aromatic heterocycles. The molecule has 1 saturated carbocycles. The van der Waals surface area contributed by atoms with Crippen LogP contribution in [0.2, 0.25) is 0 Å². The van der Waals surface area contributed by atoms with Gasteiger partial charge < -0.3 is 10.1 Å². The molecule has 2 atom stereocenters. The molecule has 1 aliphatic carbocycles. The summed E-state index contributed by atoms with van der Waals surface area (Å²) in [5, 5.41) is 9.94. The number of carbonyl (C=O) groups is 2. The minimum Gasteiger partial charge on any atom is -0.455 e. The molecule has 1 heterocycles. The molecule has 27 heavy (non-hydrogen) atoms. The molecule has 0 unspecified atom stereocenters. The first-order chi connectivity index (χ1) is 12.8. The summed E-state index contributed by atoms with van der Waals surface area (Å²) in [6.07, 6.45) is -3.07. The maximum absolute atomic E-state index is 13.0. The number of ether oxygens (including phenoxy) is 1. The number of H-pyrrole nitrogens is 1. The van der Waals surface area contributed by atoms with Crippen LogP contribution >= 0.6 is 0 Å². The molecule has 0 saturated heterocycles. The molecule has 3 rings (SSSR count). The number of esters is 1. The van der Waals surface area contributed by atoms with Gasteiger partial charge in [-0.3, -0.25) is 14.7 Å². The molecular weight excluding hydrogens is 363 g/mol. The fraction of sp³-hybridized carbons (Fsp3) is 0.500. The van der Waals surface area contributed by atoms with Crippen molar-refractivity contribution >= 4 is 22.8 Å². The Labute approximate surface area is 153 Å². The van der Waals surface area contributed by atoms with Crippen LogP contribution in [-0.4, -0.2) is 40.9 Å². The Hall–Kier alpha value is -2.58. The number of aromatic amines is 1. The molecule has 6 nitrogen and oxygen atoms in total. The SMILES string of the molecule is O=C(COC(=O)Cc1[nH]nc2ccccc12)N[C@H]1CCCC[C@@H]1C(F)(F)F. The number of carbonyl (C=O) groups excluding carboxylic acids is 2. The lowest BCUT2D eigenvalue weighted by atomic mass is 9.84. The second-order valence-corrected chi connectivity index (χ2v) is 6.66. The van der Waals surface area contributed by atoms with Crippen molar-refractivity contribution in [1.82, 2.24) is 15.5 Å². The van der Waals surface area contributed by atoms with Gasteiger partial charge in [0.25, 0.3) is 5.91 Å². The van der Waals surface area contributed by atoms with Gasteiger partial charge in [0, 0.05) is 11.4 Å². The van der Waals surface area contributed by atoms with Crippen LogP contribution in [0.1, 0.15) is 31.4 Å². The second-order valence-electron chi connectivity index (χ2n) is 6.66. The highest BCUT2D eigenvalue weighted by Crippen LogP contribution is 2.37. The van der Waals surface area contributed by atoms with Gasteiger partial charge in [-0.25, -0.2) is 0 Å². The van der Waals surface area contributed by atoms with E-state index in [9.17, 15) is 22.8 Å². The van der Waals surface area contributed by atoms with Gasteiger partial charge in [0.15, 0.2) is 6.61 Å². The maximum Gasteiger partial charge on any atom is 0.393 e. The van der Waals surface area contributed by atoms with E-state index in [-0.39, 0.29) is 19.3 Å². The van der Waals surface area contributed by atoms with E-state index in [0.717, 1.165) is 5.39 Å². The summed E-state index contributed by atoms with van der Waals surface area (Å²) in [4.78, 5) is 23.9. The molecular formula is C18H20F3N3O3. The van der Waals surface area contributed by atoms with Gasteiger partial charge in [-0.2, -0.15) is 18.3 Å². The van der Waals surface area contributed by atoms with Crippen molar-refractivity contribution in [2.75, 3.05) is 6.61 Å². The maximum atomic E-state index is 13.0. The van der Waals surface area contributed by atoms with E-state index in [1.165, 1.54) is 0 Å². The average molecular weight is 383 g/mol. The Morgan fingerprint density at radius 3 is 2.74 bits per heavy atom. The Kier molecular flexibility index (Phi) is 5.67. The van der Waals surface area contributed by atoms with Crippen molar-refractivity contribution in [3.63, 3.8) is 0 Å². The zero-order chi connectivity index (χ0) is 19.4. The van der Waals surface area contributed by atoms with Gasteiger partial charge in [-0.15, -0.1) is 0 Å². The normalized spacial score (nSPS) is 20.4. The van der Waals surface area contributed by atoms with Gasteiger partial charge in [-0.1, -0.05) is 31.0 Å². The minimum atomic E-state index is -4.35. The summed E-state index contributed by atoms with van der Waals surface area (Å²) < 4.78 is 44.1. The van der Waals surface area contributed by atoms with Crippen LogP contribution in [0, 0.1) is 5.92 Å². The summed E-state index contributed by atoms with van der Waals surface area (Å²) in [6.45, 7) is -0.605. The molecule has 1 aliphatic rings. The highest BCUT2D eigenvalue weighted by Gasteiger charge is 2.45. The van der Waals surface area contributed by atoms with Gasteiger partial charge >= 0.3 is 12.1 Å². The van der Waals surface area contributed by atoms with Crippen LogP contribution in [0.15, 0.2) is 24.3 Å². The van der Waals surface area contributed by atoms with Crippen LogP contribution in [0.3, 0.4) is 0 Å². The van der Waals surface area contributed by atoms with Crippen molar-refractivity contribution in [2.24, 2.45) is 5.92 Å². The Morgan fingerprint density at radius 2 is 1.96 bits per heavy atom. The molecule has 2 N–H and O–H groups in total. The third kappa shape index (κ3) is 4.78. The highest BCUT2D eigenvalue weighted by atomic mass is 19.4. The van der Waals surface area contributed by atoms with E-state index in [4.69, 9.17) is 4.74 Å². The summed E-state index contributed by atoms with van der Waals surface area (Å²) >= 11 is 0. The Morgan fingerprint density at radius 1 is 1.22 bits per heavy atom. The number of amides is 1. The van der Waals surface area contributed by atoms with E-state index in [1.807, 2.05) is 6.07 Å². The average Bonchev–Trinajstić information content (AvgIpc) is 3.03. The summed E-state index contributed by atoms with van der Waals surface area (Å²) in [7, 11) is 0. The van der Waals surface area contributed by atoms with Crippen LogP contribution < -0.4 is 5.32 Å². The number of alkyl halides is 3. The van der Waals surface area contributed by atoms with Gasteiger partial charge in [-0.05, 0) is 18.9 Å². The predicted molar refractivity (Wildman–Crippen MR) is 90.7 cm³/mol. The summed E-state index contributed by atoms with van der Waals surface area (Å²) in [5.41, 5.74) is 1.26. The van der Waals surface area contributed by atoms with Crippen LogP contribution in [-0.2, 0) is 20.7 Å². The Bertz CT molecular complexity index is 819. The molecule has 0 aliphatic heterocycles. The smallest absolute Gasteiger partial charge is 0.393 e. The molecule has 1 aromatic carbocycles. The molecule has 2 aromatic rings. The first kappa shape index (κ1) is 19.2. The lowest BCUT2D eigenvalue weighted by molar-refractivity contribution is -0.189. The van der Waals surface area contributed by atoms with Crippen LogP contribution in [0.4, 0.5) is 13.2 Å². The van der Waals surface area contributed by atoms with Crippen molar-refractivity contribution in [3.05, 3.63) is 30.0 Å². The fourth-order valence-electron chi connectivity index (χ4n) is 3.43. The summed E-state index contributed by atoms with van der Waals surface area (Å²) in [6, 6.07) is 6.24. The zero-order valence-corrected chi connectivity index (χ0v) is 14.5. The molecule has 0 spiro atoms. The molecule has 146 valence electrons. The lowest BCUT2D eigenvalue weighted by Crippen LogP contribution is -2.48. The third-order valence-corrected chi connectivity index (χ3v) is 4.76. The highest BCUT2D eigenvalue weighted by molar-refractivity contribution is 5.86. The number of benzene rings is 1. The van der Waals surface area contributed by atoms with E-state index < -0.39 is 36.6 Å². The van der Waals surface area contributed by atoms with Crippen molar-refractivity contribution in [1.29, 1.82) is 0 Å². The van der Waals surface area contributed by atoms with Crippen molar-refractivity contribution in [3.8, 4) is 0 Å². The number of para-hydroxylation sites is 1. The van der Waals surface area contributed by atoms with Gasteiger partial charge in [0.1, 0.15) is 0 Å². The van der Waals surface area contributed by atoms with E-state index in [0.29, 0.717) is 24.1 Å². The van der Waals surface area contributed by atoms with E-state index >= 15 is 0 Å². The van der Waals surface area contributed by atoms with Gasteiger partial charge in [0.05, 0.1) is 23.5 Å². The molecule has 1 fully saturated rings. The number of hydrogen-bond acceptors (Lipinski definition) is 4.